The van der Waals surface area contributed by atoms with Crippen molar-refractivity contribution >= 4 is 22.8 Å². The van der Waals surface area contributed by atoms with E-state index in [-0.39, 0.29) is 18.2 Å². The average molecular weight is 817 g/mol. The van der Waals surface area contributed by atoms with Crippen molar-refractivity contribution in [3.8, 4) is 28.7 Å². The first-order valence-electron chi connectivity index (χ1n) is 18.8. The summed E-state index contributed by atoms with van der Waals surface area (Å²) in [6.45, 7) is -0.288. The number of fused-ring (bicyclic) bond motifs is 6. The molecular weight excluding hydrogens is 772 g/mol. The molecule has 18 nitrogen and oxygen atoms in total. The van der Waals surface area contributed by atoms with Gasteiger partial charge in [0.2, 0.25) is 12.0 Å². The van der Waals surface area contributed by atoms with Crippen molar-refractivity contribution in [3.63, 3.8) is 0 Å². The van der Waals surface area contributed by atoms with Crippen molar-refractivity contribution < 1.29 is 68.3 Å². The van der Waals surface area contributed by atoms with E-state index in [1.165, 1.54) is 7.11 Å². The van der Waals surface area contributed by atoms with Crippen LogP contribution >= 0.6 is 0 Å². The lowest BCUT2D eigenvalue weighted by Crippen LogP contribution is -2.66. The van der Waals surface area contributed by atoms with Crippen molar-refractivity contribution in [2.24, 2.45) is 11.5 Å². The van der Waals surface area contributed by atoms with Crippen molar-refractivity contribution in [2.45, 2.75) is 80.5 Å². The highest BCUT2D eigenvalue weighted by atomic mass is 16.7. The number of esters is 1. The number of H-pyrrole nitrogens is 1. The summed E-state index contributed by atoms with van der Waals surface area (Å²) in [6, 6.07) is 18.7. The number of ether oxygens (including phenoxy) is 7. The zero-order valence-corrected chi connectivity index (χ0v) is 31.6. The molecule has 0 amide bonds. The van der Waals surface area contributed by atoms with E-state index in [1.807, 2.05) is 65.6 Å². The number of methoxy groups -OCH3 is 1. The zero-order chi connectivity index (χ0) is 41.5. The van der Waals surface area contributed by atoms with E-state index in [0.717, 1.165) is 22.0 Å². The van der Waals surface area contributed by atoms with Gasteiger partial charge in [0.15, 0.2) is 24.4 Å². The minimum atomic E-state index is -1.90. The molecule has 0 saturated carbocycles. The lowest BCUT2D eigenvalue weighted by molar-refractivity contribution is -0.291. The van der Waals surface area contributed by atoms with Gasteiger partial charge in [-0.3, -0.25) is 9.59 Å². The van der Waals surface area contributed by atoms with Crippen molar-refractivity contribution in [3.05, 3.63) is 102 Å². The smallest absolute Gasteiger partial charge is 0.317 e. The molecule has 0 radical (unpaired) electrons. The first-order valence-corrected chi connectivity index (χ1v) is 18.8. The third-order valence-electron chi connectivity index (χ3n) is 10.8. The second kappa shape index (κ2) is 16.4. The minimum absolute atomic E-state index is 0.128. The number of aliphatic carboxylic acids is 1. The summed E-state index contributed by atoms with van der Waals surface area (Å²) in [7, 11) is 1.49. The average Bonchev–Trinajstić information content (AvgIpc) is 3.92. The number of nitrogens with two attached hydrogens (primary N) is 2. The van der Waals surface area contributed by atoms with Gasteiger partial charge in [-0.1, -0.05) is 36.4 Å². The molecule has 312 valence electrons. The molecule has 0 bridgehead atoms. The summed E-state index contributed by atoms with van der Waals surface area (Å²) in [5.41, 5.74) is 15.9. The highest BCUT2D eigenvalue weighted by Gasteiger charge is 2.52. The third-order valence-corrected chi connectivity index (χ3v) is 10.8. The van der Waals surface area contributed by atoms with E-state index in [1.54, 1.807) is 18.2 Å². The Morgan fingerprint density at radius 1 is 0.983 bits per heavy atom. The number of hydrogen-bond donors (Lipinski definition) is 8. The molecule has 9 atom stereocenters. The van der Waals surface area contributed by atoms with Gasteiger partial charge in [-0.2, -0.15) is 0 Å². The van der Waals surface area contributed by atoms with Gasteiger partial charge >= 0.3 is 11.9 Å². The summed E-state index contributed by atoms with van der Waals surface area (Å²) in [4.78, 5) is 26.7. The van der Waals surface area contributed by atoms with E-state index >= 15 is 0 Å². The minimum Gasteiger partial charge on any atom is -0.490 e. The summed E-state index contributed by atoms with van der Waals surface area (Å²) < 4.78 is 44.3. The number of benzene rings is 3. The number of nitrogens with one attached hydrogen (secondary N) is 1. The molecular formula is C41H44N4O14. The fraction of sp³-hybridized carbons (Fsp3) is 0.366. The number of hydrogen-bond acceptors (Lipinski definition) is 15. The van der Waals surface area contributed by atoms with E-state index in [2.05, 4.69) is 4.98 Å². The number of aromatic amines is 1. The Hall–Kier alpha value is -5.86. The number of carboxylic acid groups (broad SMARTS) is 1. The predicted octanol–water partition coefficient (Wildman–Crippen LogP) is 1.39. The standard InChI is InChI=1S/C41H44N4O14/c1-53-36-25(54-18-46)8-7-23-31-26(11-19-5-3-2-4-6-19)56-27-13-22(12-21(30(27)37(31)58-35(23)36)16-45-15-20-9-10-44-24(20)17-45)55-41-34(52)32(50)33(51)38(59-41)39(40(42)43)57-29(49)14-28(47)48/h2-10,12-13,15,17,26,31-34,37-41,44,46,50-52H,11,14,16,18,42-43H2,1H3,(H,47,48)/t26-,31-,32+,33+,34-,37+,38+,39+,41-/m1/s1. The quantitative estimate of drug-likeness (QED) is 0.0447. The monoisotopic (exact) mass is 816 g/mol. The highest BCUT2D eigenvalue weighted by Crippen LogP contribution is 2.59. The normalized spacial score (nSPS) is 24.9. The molecule has 0 spiro atoms. The number of carboxylic acids is 1. The Bertz CT molecular complexity index is 2290. The fourth-order valence-corrected chi connectivity index (χ4v) is 8.19. The highest BCUT2D eigenvalue weighted by molar-refractivity contribution is 5.90. The molecule has 2 aromatic heterocycles. The van der Waals surface area contributed by atoms with Crippen molar-refractivity contribution in [1.82, 2.24) is 9.55 Å². The van der Waals surface area contributed by atoms with Gasteiger partial charge in [0.1, 0.15) is 54.5 Å². The maximum absolute atomic E-state index is 12.3. The van der Waals surface area contributed by atoms with Crippen LogP contribution in [0.4, 0.5) is 0 Å². The van der Waals surface area contributed by atoms with Gasteiger partial charge in [0, 0.05) is 54.1 Å². The molecule has 1 fully saturated rings. The first-order chi connectivity index (χ1) is 28.4. The SMILES string of the molecule is COc1c(OCO)ccc2c1O[C@H]1c3c(Cn4cc5cc[nH]c5c4)cc(O[C@@H]4O[C@H]([C@H](OC(=O)CC(=O)O)C(N)N)[C@@H](O)[C@H](O)[C@H]4O)cc3O[C@H](Cc3ccccc3)[C@@H]21. The summed E-state index contributed by atoms with van der Waals surface area (Å²) >= 11 is 0. The van der Waals surface area contributed by atoms with Gasteiger partial charge in [0.05, 0.1) is 24.7 Å². The number of aliphatic hydroxyl groups excluding tert-OH is 4. The van der Waals surface area contributed by atoms with Crippen LogP contribution in [0.3, 0.4) is 0 Å². The lowest BCUT2D eigenvalue weighted by Gasteiger charge is -2.43. The maximum atomic E-state index is 12.3. The molecule has 0 aliphatic carbocycles. The number of rotatable bonds is 14. The van der Waals surface area contributed by atoms with Crippen molar-refractivity contribution in [1.29, 1.82) is 0 Å². The van der Waals surface area contributed by atoms with Crippen LogP contribution in [0.2, 0.25) is 0 Å². The largest absolute Gasteiger partial charge is 0.490 e. The van der Waals surface area contributed by atoms with Crippen LogP contribution in [0.25, 0.3) is 10.9 Å². The summed E-state index contributed by atoms with van der Waals surface area (Å²) in [5, 5.41) is 52.7. The van der Waals surface area contributed by atoms with Crippen LogP contribution in [-0.2, 0) is 32.0 Å². The number of carbonyl (C=O) groups is 2. The van der Waals surface area contributed by atoms with Gasteiger partial charge < -0.3 is 79.7 Å². The van der Waals surface area contributed by atoms with Gasteiger partial charge in [-0.05, 0) is 29.3 Å². The number of nitrogens with zero attached hydrogens (tertiary/aromatic N) is 1. The Morgan fingerprint density at radius 3 is 2.49 bits per heavy atom. The molecule has 8 rings (SSSR count). The van der Waals surface area contributed by atoms with Crippen LogP contribution in [0, 0.1) is 0 Å². The Kier molecular flexibility index (Phi) is 11.1. The molecule has 0 unspecified atom stereocenters. The van der Waals surface area contributed by atoms with Crippen LogP contribution in [0.1, 0.15) is 40.7 Å². The lowest BCUT2D eigenvalue weighted by atomic mass is 9.80. The second-order valence-electron chi connectivity index (χ2n) is 14.6. The third kappa shape index (κ3) is 7.74. The van der Waals surface area contributed by atoms with Crippen LogP contribution in [0.5, 0.6) is 28.7 Å². The van der Waals surface area contributed by atoms with Crippen LogP contribution in [-0.4, -0.2) is 110 Å². The molecule has 59 heavy (non-hydrogen) atoms. The number of aliphatic hydroxyl groups is 4. The molecule has 5 aromatic rings. The van der Waals surface area contributed by atoms with Gasteiger partial charge in [-0.25, -0.2) is 0 Å². The summed E-state index contributed by atoms with van der Waals surface area (Å²) in [5.74, 6) is -1.47. The molecule has 3 aliphatic heterocycles. The topological polar surface area (TPSA) is 273 Å². The molecule has 1 saturated heterocycles. The molecule has 5 heterocycles. The van der Waals surface area contributed by atoms with E-state index in [0.29, 0.717) is 40.5 Å². The van der Waals surface area contributed by atoms with Gasteiger partial charge in [-0.15, -0.1) is 0 Å². The Morgan fingerprint density at radius 2 is 1.78 bits per heavy atom. The van der Waals surface area contributed by atoms with Crippen LogP contribution in [0.15, 0.2) is 79.3 Å². The zero-order valence-electron chi connectivity index (χ0n) is 31.6. The molecule has 3 aliphatic rings. The van der Waals surface area contributed by atoms with Crippen LogP contribution < -0.4 is 35.2 Å². The second-order valence-corrected chi connectivity index (χ2v) is 14.6. The van der Waals surface area contributed by atoms with Crippen molar-refractivity contribution in [2.75, 3.05) is 13.9 Å². The van der Waals surface area contributed by atoms with E-state index < -0.39 is 80.3 Å². The predicted molar refractivity (Wildman–Crippen MR) is 205 cm³/mol. The number of aromatic nitrogens is 2. The molecule has 3 aromatic carbocycles. The maximum Gasteiger partial charge on any atom is 0.317 e. The Labute approximate surface area is 336 Å². The fourth-order valence-electron chi connectivity index (χ4n) is 8.19. The first kappa shape index (κ1) is 39.9. The van der Waals surface area contributed by atoms with E-state index in [9.17, 15) is 30.0 Å². The van der Waals surface area contributed by atoms with Gasteiger partial charge in [0.25, 0.3) is 0 Å². The summed E-state index contributed by atoms with van der Waals surface area (Å²) in [6.07, 6.45) is -8.01. The Balaban J connectivity index is 1.20. The molecule has 18 heteroatoms. The number of carbonyl (C=O) groups excluding carboxylic acids is 1. The molecule has 10 N–H and O–H groups in total. The van der Waals surface area contributed by atoms with E-state index in [4.69, 9.17) is 49.7 Å².